The van der Waals surface area contributed by atoms with E-state index in [0.717, 1.165) is 4.90 Å². The minimum absolute atomic E-state index is 0.0356. The summed E-state index contributed by atoms with van der Waals surface area (Å²) >= 11 is 0. The van der Waals surface area contributed by atoms with Gasteiger partial charge in [0.2, 0.25) is 5.91 Å². The summed E-state index contributed by atoms with van der Waals surface area (Å²) in [5.74, 6) is -1.55. The monoisotopic (exact) mass is 252 g/mol. The van der Waals surface area contributed by atoms with Crippen LogP contribution in [-0.4, -0.2) is 46.9 Å². The Morgan fingerprint density at radius 2 is 2.22 bits per heavy atom. The zero-order valence-corrected chi connectivity index (χ0v) is 9.67. The molecule has 96 valence electrons. The predicted octanol–water partition coefficient (Wildman–Crippen LogP) is -0.387. The number of carbonyl (C=O) groups is 3. The van der Waals surface area contributed by atoms with Crippen LogP contribution < -0.4 is 5.32 Å². The Bertz CT molecular complexity index is 507. The molecule has 18 heavy (non-hydrogen) atoms. The normalized spacial score (nSPS) is 19.5. The van der Waals surface area contributed by atoms with Gasteiger partial charge in [-0.25, -0.2) is 4.79 Å². The Morgan fingerprint density at radius 1 is 1.50 bits per heavy atom. The third-order valence-corrected chi connectivity index (χ3v) is 2.68. The van der Waals surface area contributed by atoms with E-state index in [1.165, 1.54) is 6.07 Å². The van der Waals surface area contributed by atoms with Gasteiger partial charge in [0.15, 0.2) is 5.76 Å². The molecule has 0 spiro atoms. The first-order chi connectivity index (χ1) is 8.49. The Balaban J connectivity index is 2.25. The second kappa shape index (κ2) is 4.52. The van der Waals surface area contributed by atoms with Crippen molar-refractivity contribution in [3.05, 3.63) is 23.7 Å². The van der Waals surface area contributed by atoms with E-state index in [1.54, 1.807) is 13.0 Å². The van der Waals surface area contributed by atoms with Gasteiger partial charge in [-0.05, 0) is 19.1 Å². The summed E-state index contributed by atoms with van der Waals surface area (Å²) in [4.78, 5) is 35.4. The Morgan fingerprint density at radius 3 is 2.78 bits per heavy atom. The van der Waals surface area contributed by atoms with E-state index < -0.39 is 17.9 Å². The maximum Gasteiger partial charge on any atom is 0.328 e. The second-order valence-corrected chi connectivity index (χ2v) is 4.00. The van der Waals surface area contributed by atoms with Gasteiger partial charge in [-0.1, -0.05) is 0 Å². The Labute approximate surface area is 102 Å². The van der Waals surface area contributed by atoms with E-state index in [9.17, 15) is 14.4 Å². The maximum absolute atomic E-state index is 12.1. The van der Waals surface area contributed by atoms with Crippen LogP contribution in [0.3, 0.4) is 0 Å². The molecule has 1 aromatic rings. The molecular formula is C11H12N2O5. The molecule has 1 aromatic heterocycles. The van der Waals surface area contributed by atoms with E-state index in [1.807, 2.05) is 0 Å². The first-order valence-electron chi connectivity index (χ1n) is 5.36. The van der Waals surface area contributed by atoms with Crippen molar-refractivity contribution in [2.75, 3.05) is 13.1 Å². The molecule has 0 aromatic carbocycles. The summed E-state index contributed by atoms with van der Waals surface area (Å²) in [5, 5.41) is 11.4. The number of aliphatic carboxylic acids is 1. The lowest BCUT2D eigenvalue weighted by Crippen LogP contribution is -2.59. The van der Waals surface area contributed by atoms with Crippen molar-refractivity contribution < 1.29 is 23.9 Å². The quantitative estimate of drug-likeness (QED) is 0.747. The first-order valence-corrected chi connectivity index (χ1v) is 5.36. The third kappa shape index (κ3) is 2.20. The minimum Gasteiger partial charge on any atom is -0.480 e. The molecule has 2 N–H and O–H groups in total. The lowest BCUT2D eigenvalue weighted by atomic mass is 10.1. The summed E-state index contributed by atoms with van der Waals surface area (Å²) in [6.07, 6.45) is 0. The molecule has 2 heterocycles. The number of hydrogen-bond acceptors (Lipinski definition) is 4. The topological polar surface area (TPSA) is 99.9 Å². The number of piperazine rings is 1. The molecule has 1 saturated heterocycles. The maximum atomic E-state index is 12.1. The van der Waals surface area contributed by atoms with Gasteiger partial charge in [-0.2, -0.15) is 0 Å². The van der Waals surface area contributed by atoms with E-state index in [2.05, 4.69) is 5.32 Å². The van der Waals surface area contributed by atoms with Crippen LogP contribution in [0.15, 0.2) is 16.5 Å². The zero-order valence-electron chi connectivity index (χ0n) is 9.67. The zero-order chi connectivity index (χ0) is 13.3. The van der Waals surface area contributed by atoms with Gasteiger partial charge in [0, 0.05) is 6.54 Å². The molecule has 7 nitrogen and oxygen atoms in total. The van der Waals surface area contributed by atoms with E-state index >= 15 is 0 Å². The number of carbonyl (C=O) groups excluding carboxylic acids is 2. The summed E-state index contributed by atoms with van der Waals surface area (Å²) in [5.41, 5.74) is 0. The third-order valence-electron chi connectivity index (χ3n) is 2.68. The van der Waals surface area contributed by atoms with Crippen molar-refractivity contribution in [2.45, 2.75) is 13.0 Å². The number of rotatable bonds is 2. The number of carboxylic acids is 1. The average Bonchev–Trinajstić information content (AvgIpc) is 2.74. The molecule has 1 aliphatic rings. The largest absolute Gasteiger partial charge is 0.480 e. The van der Waals surface area contributed by atoms with Crippen LogP contribution in [0.25, 0.3) is 0 Å². The van der Waals surface area contributed by atoms with Gasteiger partial charge in [0.1, 0.15) is 18.3 Å². The average molecular weight is 252 g/mol. The highest BCUT2D eigenvalue weighted by Crippen LogP contribution is 2.13. The van der Waals surface area contributed by atoms with Crippen LogP contribution in [0, 0.1) is 6.92 Å². The molecule has 2 amide bonds. The molecule has 1 aliphatic heterocycles. The highest BCUT2D eigenvalue weighted by molar-refractivity contribution is 5.98. The first kappa shape index (κ1) is 12.2. The SMILES string of the molecule is Cc1ccc(C(=O)N2CC(=O)NCC2C(=O)O)o1. The number of furan rings is 1. The van der Waals surface area contributed by atoms with Gasteiger partial charge in [-0.3, -0.25) is 9.59 Å². The van der Waals surface area contributed by atoms with Gasteiger partial charge >= 0.3 is 5.97 Å². The lowest BCUT2D eigenvalue weighted by Gasteiger charge is -2.31. The van der Waals surface area contributed by atoms with E-state index in [0.29, 0.717) is 5.76 Å². The number of nitrogens with one attached hydrogen (secondary N) is 1. The van der Waals surface area contributed by atoms with Crippen LogP contribution in [0.4, 0.5) is 0 Å². The fourth-order valence-electron chi connectivity index (χ4n) is 1.77. The molecule has 0 bridgehead atoms. The molecule has 0 radical (unpaired) electrons. The van der Waals surface area contributed by atoms with Crippen molar-refractivity contribution in [2.24, 2.45) is 0 Å². The van der Waals surface area contributed by atoms with E-state index in [4.69, 9.17) is 9.52 Å². The second-order valence-electron chi connectivity index (χ2n) is 4.00. The van der Waals surface area contributed by atoms with E-state index in [-0.39, 0.29) is 24.8 Å². The molecule has 0 aliphatic carbocycles. The summed E-state index contributed by atoms with van der Waals surface area (Å²) in [7, 11) is 0. The van der Waals surface area contributed by atoms with Crippen molar-refractivity contribution >= 4 is 17.8 Å². The number of aryl methyl sites for hydroxylation is 1. The summed E-state index contributed by atoms with van der Waals surface area (Å²) in [6.45, 7) is 1.30. The molecule has 1 atom stereocenters. The van der Waals surface area contributed by atoms with Gasteiger partial charge in [0.05, 0.1) is 0 Å². The smallest absolute Gasteiger partial charge is 0.328 e. The summed E-state index contributed by atoms with van der Waals surface area (Å²) < 4.78 is 5.15. The number of nitrogens with zero attached hydrogens (tertiary/aromatic N) is 1. The number of amides is 2. The highest BCUT2D eigenvalue weighted by atomic mass is 16.4. The van der Waals surface area contributed by atoms with Crippen molar-refractivity contribution in [3.63, 3.8) is 0 Å². The fourth-order valence-corrected chi connectivity index (χ4v) is 1.77. The summed E-state index contributed by atoms with van der Waals surface area (Å²) in [6, 6.07) is 2.00. The standard InChI is InChI=1S/C11H12N2O5/c1-6-2-3-8(18-6)10(15)13-5-9(14)12-4-7(13)11(16)17/h2-3,7H,4-5H2,1H3,(H,12,14)(H,16,17). The predicted molar refractivity (Wildman–Crippen MR) is 58.9 cm³/mol. The van der Waals surface area contributed by atoms with Crippen LogP contribution in [0.5, 0.6) is 0 Å². The molecule has 7 heteroatoms. The van der Waals surface area contributed by atoms with Crippen LogP contribution in [0.1, 0.15) is 16.3 Å². The van der Waals surface area contributed by atoms with Crippen LogP contribution in [-0.2, 0) is 9.59 Å². The molecular weight excluding hydrogens is 240 g/mol. The molecule has 1 fully saturated rings. The lowest BCUT2D eigenvalue weighted by molar-refractivity contribution is -0.144. The Kier molecular flexibility index (Phi) is 3.05. The Hall–Kier alpha value is -2.31. The van der Waals surface area contributed by atoms with Gasteiger partial charge < -0.3 is 19.7 Å². The highest BCUT2D eigenvalue weighted by Gasteiger charge is 2.36. The number of carboxylic acid groups (broad SMARTS) is 1. The van der Waals surface area contributed by atoms with Gasteiger partial charge in [0.25, 0.3) is 5.91 Å². The molecule has 1 unspecified atom stereocenters. The minimum atomic E-state index is -1.16. The van der Waals surface area contributed by atoms with Crippen LogP contribution in [0.2, 0.25) is 0 Å². The van der Waals surface area contributed by atoms with Gasteiger partial charge in [-0.15, -0.1) is 0 Å². The van der Waals surface area contributed by atoms with Crippen molar-refractivity contribution in [1.82, 2.24) is 10.2 Å². The molecule has 2 rings (SSSR count). The van der Waals surface area contributed by atoms with Crippen molar-refractivity contribution in [3.8, 4) is 0 Å². The van der Waals surface area contributed by atoms with Crippen molar-refractivity contribution in [1.29, 1.82) is 0 Å². The molecule has 0 saturated carbocycles. The fraction of sp³-hybridized carbons (Fsp3) is 0.364. The number of hydrogen-bond donors (Lipinski definition) is 2. The van der Waals surface area contributed by atoms with Crippen LogP contribution >= 0.6 is 0 Å².